The number of amides is 2. The normalized spacial score (nSPS) is 18.1. The standard InChI is InChI=1S/C16H22BrN3O3.ClH/c1-11(14(21)20-7-9-23-10-8-20)19-15(22)16(2,18)12-3-5-13(17)6-4-12;/h3-6,11H,7-10,18H2,1-2H3,(H,19,22);1H. The summed E-state index contributed by atoms with van der Waals surface area (Å²) < 4.78 is 6.14. The fourth-order valence-corrected chi connectivity index (χ4v) is 2.66. The van der Waals surface area contributed by atoms with Crippen LogP contribution in [0.5, 0.6) is 0 Å². The Kier molecular flexibility index (Phi) is 7.66. The summed E-state index contributed by atoms with van der Waals surface area (Å²) in [4.78, 5) is 26.6. The first-order valence-corrected chi connectivity index (χ1v) is 8.34. The number of rotatable bonds is 4. The van der Waals surface area contributed by atoms with Gasteiger partial charge >= 0.3 is 0 Å². The van der Waals surface area contributed by atoms with Gasteiger partial charge in [0.2, 0.25) is 11.8 Å². The lowest BCUT2D eigenvalue weighted by atomic mass is 9.92. The summed E-state index contributed by atoms with van der Waals surface area (Å²) in [7, 11) is 0. The van der Waals surface area contributed by atoms with Crippen LogP contribution in [0.2, 0.25) is 0 Å². The summed E-state index contributed by atoms with van der Waals surface area (Å²) in [6.07, 6.45) is 0. The summed E-state index contributed by atoms with van der Waals surface area (Å²) in [6.45, 7) is 5.46. The zero-order valence-electron chi connectivity index (χ0n) is 13.8. The van der Waals surface area contributed by atoms with Gasteiger partial charge in [0.05, 0.1) is 13.2 Å². The average Bonchev–Trinajstić information content (AvgIpc) is 2.55. The van der Waals surface area contributed by atoms with Crippen molar-refractivity contribution in [3.05, 3.63) is 34.3 Å². The number of halogens is 2. The predicted molar refractivity (Wildman–Crippen MR) is 97.9 cm³/mol. The number of hydrogen-bond donors (Lipinski definition) is 2. The third kappa shape index (κ3) is 4.92. The molecule has 0 aliphatic carbocycles. The quantitative estimate of drug-likeness (QED) is 0.771. The van der Waals surface area contributed by atoms with Crippen molar-refractivity contribution in [1.82, 2.24) is 10.2 Å². The molecule has 134 valence electrons. The molecule has 2 unspecified atom stereocenters. The van der Waals surface area contributed by atoms with Crippen molar-refractivity contribution < 1.29 is 14.3 Å². The minimum Gasteiger partial charge on any atom is -0.378 e. The number of carbonyl (C=O) groups excluding carboxylic acids is 2. The summed E-state index contributed by atoms with van der Waals surface area (Å²) in [5.74, 6) is -0.498. The van der Waals surface area contributed by atoms with E-state index in [9.17, 15) is 9.59 Å². The van der Waals surface area contributed by atoms with Crippen LogP contribution in [0.15, 0.2) is 28.7 Å². The lowest BCUT2D eigenvalue weighted by Crippen LogP contribution is -2.56. The monoisotopic (exact) mass is 419 g/mol. The summed E-state index contributed by atoms with van der Waals surface area (Å²) in [5.41, 5.74) is 5.66. The molecular formula is C16H23BrClN3O3. The highest BCUT2D eigenvalue weighted by molar-refractivity contribution is 9.10. The molecule has 0 saturated carbocycles. The van der Waals surface area contributed by atoms with Gasteiger partial charge in [-0.2, -0.15) is 0 Å². The number of morpholine rings is 1. The number of hydrogen-bond acceptors (Lipinski definition) is 4. The minimum atomic E-state index is -1.21. The Morgan fingerprint density at radius 1 is 1.29 bits per heavy atom. The SMILES string of the molecule is CC(NC(=O)C(C)(N)c1ccc(Br)cc1)C(=O)N1CCOCC1.Cl. The van der Waals surface area contributed by atoms with Crippen molar-refractivity contribution in [3.63, 3.8) is 0 Å². The Bertz CT molecular complexity index is 574. The molecule has 2 amide bonds. The van der Waals surface area contributed by atoms with E-state index in [-0.39, 0.29) is 24.2 Å². The van der Waals surface area contributed by atoms with Crippen LogP contribution in [0, 0.1) is 0 Å². The maximum atomic E-state index is 12.5. The van der Waals surface area contributed by atoms with Gasteiger partial charge in [-0.05, 0) is 31.5 Å². The molecule has 1 aliphatic heterocycles. The summed E-state index contributed by atoms with van der Waals surface area (Å²) in [5, 5.41) is 2.72. The molecule has 0 radical (unpaired) electrons. The van der Waals surface area contributed by atoms with E-state index in [0.717, 1.165) is 4.47 Å². The van der Waals surface area contributed by atoms with Gasteiger partial charge in [-0.25, -0.2) is 0 Å². The van der Waals surface area contributed by atoms with E-state index in [1.165, 1.54) is 0 Å². The number of ether oxygens (including phenoxy) is 1. The van der Waals surface area contributed by atoms with E-state index in [1.807, 2.05) is 12.1 Å². The summed E-state index contributed by atoms with van der Waals surface area (Å²) >= 11 is 3.35. The van der Waals surface area contributed by atoms with E-state index in [0.29, 0.717) is 31.9 Å². The Morgan fingerprint density at radius 2 is 1.83 bits per heavy atom. The molecule has 2 atom stereocenters. The zero-order valence-corrected chi connectivity index (χ0v) is 16.2. The van der Waals surface area contributed by atoms with Crippen molar-refractivity contribution in [1.29, 1.82) is 0 Å². The number of carbonyl (C=O) groups is 2. The highest BCUT2D eigenvalue weighted by atomic mass is 79.9. The van der Waals surface area contributed by atoms with E-state index in [4.69, 9.17) is 10.5 Å². The van der Waals surface area contributed by atoms with Crippen LogP contribution in [-0.2, 0) is 19.9 Å². The Labute approximate surface area is 156 Å². The molecule has 0 aromatic heterocycles. The van der Waals surface area contributed by atoms with Crippen molar-refractivity contribution >= 4 is 40.2 Å². The van der Waals surface area contributed by atoms with Gasteiger partial charge in [0, 0.05) is 17.6 Å². The van der Waals surface area contributed by atoms with Gasteiger partial charge in [-0.3, -0.25) is 9.59 Å². The Morgan fingerprint density at radius 3 is 2.38 bits per heavy atom. The summed E-state index contributed by atoms with van der Waals surface area (Å²) in [6, 6.07) is 6.61. The molecule has 0 spiro atoms. The van der Waals surface area contributed by atoms with Crippen LogP contribution in [0.3, 0.4) is 0 Å². The predicted octanol–water partition coefficient (Wildman–Crippen LogP) is 1.41. The van der Waals surface area contributed by atoms with Crippen molar-refractivity contribution in [2.45, 2.75) is 25.4 Å². The molecule has 1 fully saturated rings. The van der Waals surface area contributed by atoms with E-state index < -0.39 is 11.6 Å². The first-order chi connectivity index (χ1) is 10.8. The molecule has 1 aliphatic rings. The lowest BCUT2D eigenvalue weighted by Gasteiger charge is -2.31. The molecule has 24 heavy (non-hydrogen) atoms. The second kappa shape index (κ2) is 8.80. The van der Waals surface area contributed by atoms with Crippen LogP contribution in [0.4, 0.5) is 0 Å². The van der Waals surface area contributed by atoms with E-state index >= 15 is 0 Å². The topological polar surface area (TPSA) is 84.7 Å². The van der Waals surface area contributed by atoms with Gasteiger partial charge < -0.3 is 20.7 Å². The van der Waals surface area contributed by atoms with Crippen molar-refractivity contribution in [2.75, 3.05) is 26.3 Å². The van der Waals surface area contributed by atoms with Crippen molar-refractivity contribution in [2.24, 2.45) is 5.73 Å². The van der Waals surface area contributed by atoms with Crippen LogP contribution < -0.4 is 11.1 Å². The molecule has 8 heteroatoms. The maximum Gasteiger partial charge on any atom is 0.245 e. The fourth-order valence-electron chi connectivity index (χ4n) is 2.39. The van der Waals surface area contributed by atoms with Gasteiger partial charge in [0.25, 0.3) is 0 Å². The van der Waals surface area contributed by atoms with Crippen LogP contribution in [0.25, 0.3) is 0 Å². The minimum absolute atomic E-state index is 0. The average molecular weight is 421 g/mol. The molecule has 1 aromatic carbocycles. The fraction of sp³-hybridized carbons (Fsp3) is 0.500. The smallest absolute Gasteiger partial charge is 0.245 e. The molecule has 1 aromatic rings. The molecule has 1 heterocycles. The molecule has 3 N–H and O–H groups in total. The largest absolute Gasteiger partial charge is 0.378 e. The zero-order chi connectivity index (χ0) is 17.0. The number of nitrogens with zero attached hydrogens (tertiary/aromatic N) is 1. The number of benzene rings is 1. The van der Waals surface area contributed by atoms with Crippen molar-refractivity contribution in [3.8, 4) is 0 Å². The lowest BCUT2D eigenvalue weighted by molar-refractivity contribution is -0.140. The highest BCUT2D eigenvalue weighted by Gasteiger charge is 2.33. The third-order valence-corrected chi connectivity index (χ3v) is 4.49. The van der Waals surface area contributed by atoms with Crippen LogP contribution >= 0.6 is 28.3 Å². The number of nitrogens with one attached hydrogen (secondary N) is 1. The highest BCUT2D eigenvalue weighted by Crippen LogP contribution is 2.21. The molecule has 0 bridgehead atoms. The van der Waals surface area contributed by atoms with E-state index in [2.05, 4.69) is 21.2 Å². The second-order valence-corrected chi connectivity index (χ2v) is 6.76. The van der Waals surface area contributed by atoms with Gasteiger partial charge in [0.1, 0.15) is 11.6 Å². The Hall–Kier alpha value is -1.15. The Balaban J connectivity index is 0.00000288. The first-order valence-electron chi connectivity index (χ1n) is 7.55. The maximum absolute atomic E-state index is 12.5. The molecule has 1 saturated heterocycles. The molecule has 6 nitrogen and oxygen atoms in total. The molecular weight excluding hydrogens is 398 g/mol. The number of nitrogens with two attached hydrogens (primary N) is 1. The van der Waals surface area contributed by atoms with Gasteiger partial charge in [-0.15, -0.1) is 12.4 Å². The molecule has 2 rings (SSSR count). The third-order valence-electron chi connectivity index (χ3n) is 3.96. The van der Waals surface area contributed by atoms with Gasteiger partial charge in [-0.1, -0.05) is 28.1 Å². The first kappa shape index (κ1) is 20.9. The second-order valence-electron chi connectivity index (χ2n) is 5.84. The van der Waals surface area contributed by atoms with Crippen LogP contribution in [0.1, 0.15) is 19.4 Å². The van der Waals surface area contributed by atoms with Gasteiger partial charge in [0.15, 0.2) is 0 Å². The van der Waals surface area contributed by atoms with E-state index in [1.54, 1.807) is 30.9 Å². The van der Waals surface area contributed by atoms with Crippen LogP contribution in [-0.4, -0.2) is 49.1 Å².